The summed E-state index contributed by atoms with van der Waals surface area (Å²) >= 11 is 7.72. The molecule has 0 aliphatic carbocycles. The van der Waals surface area contributed by atoms with E-state index in [1.54, 1.807) is 11.3 Å². The Hall–Kier alpha value is -0.870. The van der Waals surface area contributed by atoms with Crippen LogP contribution >= 0.6 is 22.9 Å². The van der Waals surface area contributed by atoms with Crippen LogP contribution in [0.25, 0.3) is 0 Å². The second-order valence-electron chi connectivity index (χ2n) is 3.68. The molecule has 1 heterocycles. The average Bonchev–Trinajstić information content (AvgIpc) is 2.70. The minimum atomic E-state index is 0.0115. The molecule has 16 heavy (non-hydrogen) atoms. The van der Waals surface area contributed by atoms with Crippen LogP contribution in [0, 0.1) is 6.92 Å². The average molecular weight is 253 g/mol. The van der Waals surface area contributed by atoms with Gasteiger partial charge in [0, 0.05) is 9.90 Å². The molecule has 0 aliphatic rings. The van der Waals surface area contributed by atoms with Crippen molar-refractivity contribution in [2.45, 2.75) is 13.0 Å². The Bertz CT molecular complexity index is 448. The summed E-state index contributed by atoms with van der Waals surface area (Å²) in [5.74, 6) is 5.61. The van der Waals surface area contributed by atoms with Gasteiger partial charge in [-0.2, -0.15) is 0 Å². The van der Waals surface area contributed by atoms with Gasteiger partial charge in [-0.05, 0) is 41.6 Å². The second kappa shape index (κ2) is 4.97. The number of nitrogens with one attached hydrogen (secondary N) is 1. The quantitative estimate of drug-likeness (QED) is 0.650. The minimum absolute atomic E-state index is 0.0115. The molecule has 2 rings (SSSR count). The van der Waals surface area contributed by atoms with Gasteiger partial charge >= 0.3 is 0 Å². The molecule has 0 saturated carbocycles. The summed E-state index contributed by atoms with van der Waals surface area (Å²) in [6.07, 6.45) is 0. The van der Waals surface area contributed by atoms with E-state index in [1.165, 1.54) is 4.88 Å². The summed E-state index contributed by atoms with van der Waals surface area (Å²) < 4.78 is 0. The van der Waals surface area contributed by atoms with E-state index in [2.05, 4.69) is 17.6 Å². The molecule has 0 fully saturated rings. The first-order valence-electron chi connectivity index (χ1n) is 4.97. The molecule has 0 saturated heterocycles. The van der Waals surface area contributed by atoms with E-state index < -0.39 is 0 Å². The van der Waals surface area contributed by atoms with Crippen molar-refractivity contribution in [3.8, 4) is 0 Å². The molecule has 0 aliphatic heterocycles. The molecule has 1 aromatic carbocycles. The van der Waals surface area contributed by atoms with Crippen molar-refractivity contribution >= 4 is 22.9 Å². The van der Waals surface area contributed by atoms with Crippen LogP contribution in [-0.4, -0.2) is 0 Å². The first-order chi connectivity index (χ1) is 7.70. The third-order valence-corrected chi connectivity index (χ3v) is 3.55. The Balaban J connectivity index is 2.41. The summed E-state index contributed by atoms with van der Waals surface area (Å²) in [5.41, 5.74) is 5.06. The number of nitrogens with two attached hydrogens (primary N) is 1. The lowest BCUT2D eigenvalue weighted by atomic mass is 10.0. The van der Waals surface area contributed by atoms with Gasteiger partial charge in [0.1, 0.15) is 0 Å². The zero-order valence-electron chi connectivity index (χ0n) is 8.91. The number of aryl methyl sites for hydroxylation is 1. The molecule has 1 atom stereocenters. The lowest BCUT2D eigenvalue weighted by Crippen LogP contribution is -2.28. The molecule has 84 valence electrons. The van der Waals surface area contributed by atoms with E-state index in [0.717, 1.165) is 16.1 Å². The fourth-order valence-corrected chi connectivity index (χ4v) is 2.84. The molecule has 4 heteroatoms. The summed E-state index contributed by atoms with van der Waals surface area (Å²) in [4.78, 5) is 1.18. The third-order valence-electron chi connectivity index (χ3n) is 2.39. The number of benzene rings is 1. The number of halogens is 1. The van der Waals surface area contributed by atoms with Crippen molar-refractivity contribution in [1.82, 2.24) is 5.43 Å². The summed E-state index contributed by atoms with van der Waals surface area (Å²) in [5, 5.41) is 2.78. The smallest absolute Gasteiger partial charge is 0.0803 e. The third kappa shape index (κ3) is 2.44. The van der Waals surface area contributed by atoms with Crippen molar-refractivity contribution in [2.24, 2.45) is 5.84 Å². The first kappa shape index (κ1) is 11.6. The Kier molecular flexibility index (Phi) is 3.61. The van der Waals surface area contributed by atoms with Crippen LogP contribution in [0.3, 0.4) is 0 Å². The van der Waals surface area contributed by atoms with Crippen LogP contribution in [0.15, 0.2) is 35.7 Å². The maximum Gasteiger partial charge on any atom is 0.0803 e. The van der Waals surface area contributed by atoms with Gasteiger partial charge < -0.3 is 0 Å². The maximum atomic E-state index is 6.05. The Morgan fingerprint density at radius 3 is 2.75 bits per heavy atom. The van der Waals surface area contributed by atoms with Crippen LogP contribution in [0.4, 0.5) is 0 Å². The maximum absolute atomic E-state index is 6.05. The van der Waals surface area contributed by atoms with Crippen LogP contribution in [-0.2, 0) is 0 Å². The fraction of sp³-hybridized carbons (Fsp3) is 0.167. The molecule has 3 N–H and O–H groups in total. The van der Waals surface area contributed by atoms with Gasteiger partial charge in [-0.1, -0.05) is 23.7 Å². The number of thiophene rings is 1. The summed E-state index contributed by atoms with van der Waals surface area (Å²) in [6.45, 7) is 2.03. The van der Waals surface area contributed by atoms with Crippen molar-refractivity contribution in [2.75, 3.05) is 0 Å². The van der Waals surface area contributed by atoms with Gasteiger partial charge in [-0.25, -0.2) is 5.43 Å². The predicted octanol–water partition coefficient (Wildman–Crippen LogP) is 3.26. The van der Waals surface area contributed by atoms with Gasteiger partial charge in [0.05, 0.1) is 6.04 Å². The standard InChI is InChI=1S/C12H13ClN2S/c1-8-5-9(7-10(13)6-8)12(15-14)11-3-2-4-16-11/h2-7,12,15H,14H2,1H3. The van der Waals surface area contributed by atoms with E-state index in [1.807, 2.05) is 30.5 Å². The molecular formula is C12H13ClN2S. The van der Waals surface area contributed by atoms with Crippen molar-refractivity contribution in [3.05, 3.63) is 56.7 Å². The summed E-state index contributed by atoms with van der Waals surface area (Å²) in [7, 11) is 0. The Morgan fingerprint density at radius 1 is 1.38 bits per heavy atom. The van der Waals surface area contributed by atoms with Crippen LogP contribution in [0.2, 0.25) is 5.02 Å². The molecule has 2 nitrogen and oxygen atoms in total. The molecular weight excluding hydrogens is 240 g/mol. The zero-order chi connectivity index (χ0) is 11.5. The second-order valence-corrected chi connectivity index (χ2v) is 5.09. The van der Waals surface area contributed by atoms with E-state index in [-0.39, 0.29) is 6.04 Å². The zero-order valence-corrected chi connectivity index (χ0v) is 10.5. The number of hydrogen-bond acceptors (Lipinski definition) is 3. The molecule has 2 aromatic rings. The largest absolute Gasteiger partial charge is 0.271 e. The topological polar surface area (TPSA) is 38.0 Å². The minimum Gasteiger partial charge on any atom is -0.271 e. The highest BCUT2D eigenvalue weighted by atomic mass is 35.5. The molecule has 1 unspecified atom stereocenters. The predicted molar refractivity (Wildman–Crippen MR) is 69.7 cm³/mol. The van der Waals surface area contributed by atoms with Crippen LogP contribution in [0.5, 0.6) is 0 Å². The van der Waals surface area contributed by atoms with Gasteiger partial charge in [-0.15, -0.1) is 11.3 Å². The summed E-state index contributed by atoms with van der Waals surface area (Å²) in [6, 6.07) is 10.1. The highest BCUT2D eigenvalue weighted by Crippen LogP contribution is 2.27. The van der Waals surface area contributed by atoms with E-state index >= 15 is 0 Å². The lowest BCUT2D eigenvalue weighted by molar-refractivity contribution is 0.646. The van der Waals surface area contributed by atoms with Crippen LogP contribution < -0.4 is 11.3 Å². The monoisotopic (exact) mass is 252 g/mol. The number of rotatable bonds is 3. The Morgan fingerprint density at radius 2 is 2.19 bits per heavy atom. The van der Waals surface area contributed by atoms with Crippen LogP contribution in [0.1, 0.15) is 22.0 Å². The van der Waals surface area contributed by atoms with E-state index in [9.17, 15) is 0 Å². The van der Waals surface area contributed by atoms with E-state index in [4.69, 9.17) is 17.4 Å². The highest BCUT2D eigenvalue weighted by Gasteiger charge is 2.13. The first-order valence-corrected chi connectivity index (χ1v) is 6.23. The van der Waals surface area contributed by atoms with Gasteiger partial charge in [-0.3, -0.25) is 5.84 Å². The van der Waals surface area contributed by atoms with Gasteiger partial charge in [0.15, 0.2) is 0 Å². The highest BCUT2D eigenvalue weighted by molar-refractivity contribution is 7.10. The van der Waals surface area contributed by atoms with Crippen molar-refractivity contribution in [1.29, 1.82) is 0 Å². The molecule has 0 amide bonds. The fourth-order valence-electron chi connectivity index (χ4n) is 1.73. The number of hydrogen-bond donors (Lipinski definition) is 2. The normalized spacial score (nSPS) is 12.7. The lowest BCUT2D eigenvalue weighted by Gasteiger charge is -2.15. The van der Waals surface area contributed by atoms with Crippen molar-refractivity contribution in [3.63, 3.8) is 0 Å². The molecule has 0 bridgehead atoms. The molecule has 0 spiro atoms. The van der Waals surface area contributed by atoms with Gasteiger partial charge in [0.2, 0.25) is 0 Å². The van der Waals surface area contributed by atoms with E-state index in [0.29, 0.717) is 0 Å². The number of hydrazine groups is 1. The SMILES string of the molecule is Cc1cc(Cl)cc(C(NN)c2cccs2)c1. The Labute approximate surface area is 104 Å². The van der Waals surface area contributed by atoms with Gasteiger partial charge in [0.25, 0.3) is 0 Å². The molecule has 0 radical (unpaired) electrons. The molecule has 1 aromatic heterocycles. The van der Waals surface area contributed by atoms with Crippen molar-refractivity contribution < 1.29 is 0 Å².